The SMILES string of the molecule is C/C=C/CCc1cc2occ(C)c2cc1C. The van der Waals surface area contributed by atoms with Crippen molar-refractivity contribution in [3.05, 3.63) is 47.2 Å². The van der Waals surface area contributed by atoms with Crippen molar-refractivity contribution >= 4 is 11.0 Å². The van der Waals surface area contributed by atoms with Gasteiger partial charge < -0.3 is 4.42 Å². The van der Waals surface area contributed by atoms with Crippen LogP contribution in [0.25, 0.3) is 11.0 Å². The summed E-state index contributed by atoms with van der Waals surface area (Å²) >= 11 is 0. The third-order valence-corrected chi connectivity index (χ3v) is 3.04. The molecule has 1 aromatic carbocycles. The first kappa shape index (κ1) is 11.0. The Labute approximate surface area is 96.8 Å². The Morgan fingerprint density at radius 2 is 2.00 bits per heavy atom. The molecular weight excluding hydrogens is 196 g/mol. The molecule has 0 aliphatic heterocycles. The molecule has 0 fully saturated rings. The summed E-state index contributed by atoms with van der Waals surface area (Å²) < 4.78 is 5.53. The van der Waals surface area contributed by atoms with E-state index in [9.17, 15) is 0 Å². The van der Waals surface area contributed by atoms with Gasteiger partial charge in [-0.05, 0) is 62.4 Å². The number of benzene rings is 1. The quantitative estimate of drug-likeness (QED) is 0.683. The molecule has 16 heavy (non-hydrogen) atoms. The number of rotatable bonds is 3. The van der Waals surface area contributed by atoms with E-state index >= 15 is 0 Å². The normalized spacial score (nSPS) is 11.7. The van der Waals surface area contributed by atoms with E-state index in [4.69, 9.17) is 4.42 Å². The Morgan fingerprint density at radius 3 is 2.75 bits per heavy atom. The molecule has 0 saturated carbocycles. The first-order valence-electron chi connectivity index (χ1n) is 5.81. The second-order valence-electron chi connectivity index (χ2n) is 4.30. The zero-order valence-corrected chi connectivity index (χ0v) is 10.2. The molecule has 1 heteroatoms. The fourth-order valence-corrected chi connectivity index (χ4v) is 2.03. The van der Waals surface area contributed by atoms with Crippen molar-refractivity contribution in [2.24, 2.45) is 0 Å². The third kappa shape index (κ3) is 2.04. The highest BCUT2D eigenvalue weighted by molar-refractivity contribution is 5.82. The highest BCUT2D eigenvalue weighted by Crippen LogP contribution is 2.25. The molecule has 1 heterocycles. The van der Waals surface area contributed by atoms with Gasteiger partial charge in [-0.25, -0.2) is 0 Å². The molecule has 2 aromatic rings. The Morgan fingerprint density at radius 1 is 1.19 bits per heavy atom. The van der Waals surface area contributed by atoms with Crippen molar-refractivity contribution in [1.29, 1.82) is 0 Å². The number of aryl methyl sites for hydroxylation is 3. The predicted molar refractivity (Wildman–Crippen MR) is 68.8 cm³/mol. The van der Waals surface area contributed by atoms with Crippen LogP contribution in [0, 0.1) is 13.8 Å². The summed E-state index contributed by atoms with van der Waals surface area (Å²) in [7, 11) is 0. The van der Waals surface area contributed by atoms with Gasteiger partial charge in [0.05, 0.1) is 6.26 Å². The first-order chi connectivity index (χ1) is 7.72. The van der Waals surface area contributed by atoms with Gasteiger partial charge >= 0.3 is 0 Å². The van der Waals surface area contributed by atoms with E-state index in [1.54, 1.807) is 0 Å². The van der Waals surface area contributed by atoms with E-state index in [0.717, 1.165) is 18.4 Å². The molecule has 0 spiro atoms. The lowest BCUT2D eigenvalue weighted by atomic mass is 10.0. The van der Waals surface area contributed by atoms with Crippen LogP contribution in [0.3, 0.4) is 0 Å². The minimum Gasteiger partial charge on any atom is -0.464 e. The number of allylic oxidation sites excluding steroid dienone is 2. The zero-order chi connectivity index (χ0) is 11.5. The maximum absolute atomic E-state index is 5.53. The van der Waals surface area contributed by atoms with Crippen LogP contribution in [0.5, 0.6) is 0 Å². The van der Waals surface area contributed by atoms with E-state index in [0.29, 0.717) is 0 Å². The summed E-state index contributed by atoms with van der Waals surface area (Å²) in [5, 5.41) is 1.24. The summed E-state index contributed by atoms with van der Waals surface area (Å²) in [5.74, 6) is 0. The monoisotopic (exact) mass is 214 g/mol. The topological polar surface area (TPSA) is 13.1 Å². The van der Waals surface area contributed by atoms with E-state index in [1.807, 2.05) is 6.26 Å². The van der Waals surface area contributed by atoms with Crippen LogP contribution >= 0.6 is 0 Å². The fraction of sp³-hybridized carbons (Fsp3) is 0.333. The van der Waals surface area contributed by atoms with Crippen LogP contribution in [0.4, 0.5) is 0 Å². The van der Waals surface area contributed by atoms with Crippen LogP contribution < -0.4 is 0 Å². The number of hydrogen-bond acceptors (Lipinski definition) is 1. The summed E-state index contributed by atoms with van der Waals surface area (Å²) in [6, 6.07) is 4.42. The molecule has 2 rings (SSSR count). The summed E-state index contributed by atoms with van der Waals surface area (Å²) in [4.78, 5) is 0. The molecule has 0 N–H and O–H groups in total. The lowest BCUT2D eigenvalue weighted by molar-refractivity contribution is 0.612. The Hall–Kier alpha value is -1.50. The molecule has 0 bridgehead atoms. The zero-order valence-electron chi connectivity index (χ0n) is 10.2. The van der Waals surface area contributed by atoms with Gasteiger partial charge in [0.1, 0.15) is 5.58 Å². The molecule has 0 amide bonds. The van der Waals surface area contributed by atoms with Gasteiger partial charge in [0.15, 0.2) is 0 Å². The van der Waals surface area contributed by atoms with Crippen LogP contribution in [-0.2, 0) is 6.42 Å². The van der Waals surface area contributed by atoms with Crippen molar-refractivity contribution in [2.45, 2.75) is 33.6 Å². The van der Waals surface area contributed by atoms with Gasteiger partial charge in [0.25, 0.3) is 0 Å². The minimum absolute atomic E-state index is 1.01. The van der Waals surface area contributed by atoms with Gasteiger partial charge in [-0.2, -0.15) is 0 Å². The predicted octanol–water partition coefficient (Wildman–Crippen LogP) is 4.56. The molecular formula is C15H18O. The van der Waals surface area contributed by atoms with Crippen LogP contribution in [0.2, 0.25) is 0 Å². The minimum atomic E-state index is 1.01. The lowest BCUT2D eigenvalue weighted by Gasteiger charge is -2.04. The lowest BCUT2D eigenvalue weighted by Crippen LogP contribution is -1.88. The third-order valence-electron chi connectivity index (χ3n) is 3.04. The summed E-state index contributed by atoms with van der Waals surface area (Å²) in [6.45, 7) is 6.33. The molecule has 0 saturated heterocycles. The molecule has 1 aromatic heterocycles. The van der Waals surface area contributed by atoms with E-state index < -0.39 is 0 Å². The first-order valence-corrected chi connectivity index (χ1v) is 5.81. The molecule has 0 radical (unpaired) electrons. The average molecular weight is 214 g/mol. The number of furan rings is 1. The maximum atomic E-state index is 5.53. The number of hydrogen-bond donors (Lipinski definition) is 0. The van der Waals surface area contributed by atoms with Crippen LogP contribution in [-0.4, -0.2) is 0 Å². The Kier molecular flexibility index (Phi) is 3.14. The van der Waals surface area contributed by atoms with Gasteiger partial charge in [0, 0.05) is 5.39 Å². The van der Waals surface area contributed by atoms with Crippen molar-refractivity contribution in [1.82, 2.24) is 0 Å². The maximum Gasteiger partial charge on any atom is 0.134 e. The van der Waals surface area contributed by atoms with E-state index in [1.165, 1.54) is 22.1 Å². The van der Waals surface area contributed by atoms with Crippen molar-refractivity contribution in [2.75, 3.05) is 0 Å². The van der Waals surface area contributed by atoms with Gasteiger partial charge in [-0.3, -0.25) is 0 Å². The second kappa shape index (κ2) is 4.56. The van der Waals surface area contributed by atoms with E-state index in [-0.39, 0.29) is 0 Å². The smallest absolute Gasteiger partial charge is 0.134 e. The van der Waals surface area contributed by atoms with Gasteiger partial charge in [-0.1, -0.05) is 12.2 Å². The highest BCUT2D eigenvalue weighted by atomic mass is 16.3. The second-order valence-corrected chi connectivity index (χ2v) is 4.30. The molecule has 84 valence electrons. The highest BCUT2D eigenvalue weighted by Gasteiger charge is 2.05. The van der Waals surface area contributed by atoms with Gasteiger partial charge in [-0.15, -0.1) is 0 Å². The standard InChI is InChI=1S/C15H18O/c1-4-5-6-7-13-9-15-14(8-11(13)2)12(3)10-16-15/h4-5,8-10H,6-7H2,1-3H3/b5-4+. The summed E-state index contributed by atoms with van der Waals surface area (Å²) in [5.41, 5.74) is 4.98. The van der Waals surface area contributed by atoms with Crippen LogP contribution in [0.15, 0.2) is 35.0 Å². The van der Waals surface area contributed by atoms with E-state index in [2.05, 4.69) is 45.1 Å². The fourth-order valence-electron chi connectivity index (χ4n) is 2.03. The van der Waals surface area contributed by atoms with Crippen molar-refractivity contribution in [3.63, 3.8) is 0 Å². The summed E-state index contributed by atoms with van der Waals surface area (Å²) in [6.07, 6.45) is 8.33. The Bertz CT molecular complexity index is 517. The van der Waals surface area contributed by atoms with Crippen molar-refractivity contribution in [3.8, 4) is 0 Å². The average Bonchev–Trinajstić information content (AvgIpc) is 2.61. The van der Waals surface area contributed by atoms with Crippen LogP contribution in [0.1, 0.15) is 30.0 Å². The molecule has 0 aliphatic rings. The molecule has 1 nitrogen and oxygen atoms in total. The van der Waals surface area contributed by atoms with Gasteiger partial charge in [0.2, 0.25) is 0 Å². The molecule has 0 unspecified atom stereocenters. The molecule has 0 atom stereocenters. The molecule has 0 aliphatic carbocycles. The largest absolute Gasteiger partial charge is 0.464 e. The number of fused-ring (bicyclic) bond motifs is 1. The van der Waals surface area contributed by atoms with Crippen molar-refractivity contribution < 1.29 is 4.42 Å². The Balaban J connectivity index is 2.35.